The molecule has 0 saturated heterocycles. The summed E-state index contributed by atoms with van der Waals surface area (Å²) in [4.78, 5) is 0. The molecule has 1 aliphatic rings. The number of para-hydroxylation sites is 1. The third-order valence-electron chi connectivity index (χ3n) is 6.13. The summed E-state index contributed by atoms with van der Waals surface area (Å²) in [5, 5.41) is 0.995. The SMILES string of the molecule is CCC(C)S(=O)(=O)CC1CCC(CCCc2cc3ccccc3o2)CC1. The third kappa shape index (κ3) is 4.91. The average molecular weight is 377 g/mol. The first-order valence-corrected chi connectivity index (χ1v) is 11.9. The first-order chi connectivity index (χ1) is 12.5. The van der Waals surface area contributed by atoms with Gasteiger partial charge in [-0.05, 0) is 56.6 Å². The zero-order valence-electron chi connectivity index (χ0n) is 16.1. The molecule has 1 atom stereocenters. The van der Waals surface area contributed by atoms with Crippen molar-refractivity contribution in [2.75, 3.05) is 5.75 Å². The van der Waals surface area contributed by atoms with Gasteiger partial charge >= 0.3 is 0 Å². The second kappa shape index (κ2) is 8.60. The highest BCUT2D eigenvalue weighted by Crippen LogP contribution is 2.33. The van der Waals surface area contributed by atoms with Gasteiger partial charge in [-0.2, -0.15) is 0 Å². The Balaban J connectivity index is 1.40. The molecule has 0 bridgehead atoms. The monoisotopic (exact) mass is 376 g/mol. The number of hydrogen-bond acceptors (Lipinski definition) is 3. The van der Waals surface area contributed by atoms with Crippen LogP contribution in [0.1, 0.15) is 64.6 Å². The summed E-state index contributed by atoms with van der Waals surface area (Å²) in [6.45, 7) is 3.81. The highest BCUT2D eigenvalue weighted by molar-refractivity contribution is 7.92. The van der Waals surface area contributed by atoms with Crippen molar-refractivity contribution in [2.24, 2.45) is 11.8 Å². The van der Waals surface area contributed by atoms with Crippen molar-refractivity contribution in [1.82, 2.24) is 0 Å². The van der Waals surface area contributed by atoms with Crippen LogP contribution in [0.4, 0.5) is 0 Å². The minimum absolute atomic E-state index is 0.191. The lowest BCUT2D eigenvalue weighted by atomic mass is 9.80. The number of furan rings is 1. The van der Waals surface area contributed by atoms with E-state index in [1.165, 1.54) is 24.6 Å². The largest absolute Gasteiger partial charge is 0.461 e. The van der Waals surface area contributed by atoms with Crippen molar-refractivity contribution in [3.8, 4) is 0 Å². The number of benzene rings is 1. The summed E-state index contributed by atoms with van der Waals surface area (Å²) in [5.41, 5.74) is 0.977. The van der Waals surface area contributed by atoms with Crippen molar-refractivity contribution in [3.63, 3.8) is 0 Å². The maximum absolute atomic E-state index is 12.3. The summed E-state index contributed by atoms with van der Waals surface area (Å²) in [6.07, 6.45) is 8.61. The summed E-state index contributed by atoms with van der Waals surface area (Å²) in [7, 11) is -2.91. The molecule has 1 aromatic carbocycles. The molecule has 4 heteroatoms. The van der Waals surface area contributed by atoms with Crippen LogP contribution in [-0.2, 0) is 16.3 Å². The average Bonchev–Trinajstić information content (AvgIpc) is 3.05. The van der Waals surface area contributed by atoms with Crippen molar-refractivity contribution in [1.29, 1.82) is 0 Å². The van der Waals surface area contributed by atoms with E-state index in [1.54, 1.807) is 0 Å². The number of sulfone groups is 1. The molecule has 0 N–H and O–H groups in total. The highest BCUT2D eigenvalue weighted by Gasteiger charge is 2.28. The minimum atomic E-state index is -2.91. The van der Waals surface area contributed by atoms with Crippen LogP contribution in [0, 0.1) is 11.8 Å². The van der Waals surface area contributed by atoms with E-state index in [4.69, 9.17) is 4.42 Å². The zero-order valence-corrected chi connectivity index (χ0v) is 16.9. The van der Waals surface area contributed by atoms with Gasteiger partial charge in [0.15, 0.2) is 9.84 Å². The van der Waals surface area contributed by atoms with Crippen molar-refractivity contribution >= 4 is 20.8 Å². The predicted molar refractivity (Wildman–Crippen MR) is 108 cm³/mol. The Bertz CT molecular complexity index is 765. The first kappa shape index (κ1) is 19.5. The van der Waals surface area contributed by atoms with E-state index >= 15 is 0 Å². The third-order valence-corrected chi connectivity index (χ3v) is 8.63. The molecule has 0 aliphatic heterocycles. The van der Waals surface area contributed by atoms with Gasteiger partial charge in [0.1, 0.15) is 11.3 Å². The van der Waals surface area contributed by atoms with Crippen LogP contribution in [0.3, 0.4) is 0 Å². The zero-order chi connectivity index (χ0) is 18.6. The van der Waals surface area contributed by atoms with E-state index < -0.39 is 9.84 Å². The molecule has 1 saturated carbocycles. The molecular weight excluding hydrogens is 344 g/mol. The van der Waals surface area contributed by atoms with Crippen LogP contribution >= 0.6 is 0 Å². The van der Waals surface area contributed by atoms with E-state index in [1.807, 2.05) is 32.0 Å². The minimum Gasteiger partial charge on any atom is -0.461 e. The Labute approximate surface area is 158 Å². The number of rotatable bonds is 8. The first-order valence-electron chi connectivity index (χ1n) is 10.2. The smallest absolute Gasteiger partial charge is 0.153 e. The fourth-order valence-electron chi connectivity index (χ4n) is 4.16. The van der Waals surface area contributed by atoms with Crippen LogP contribution < -0.4 is 0 Å². The van der Waals surface area contributed by atoms with E-state index in [0.717, 1.165) is 49.4 Å². The van der Waals surface area contributed by atoms with Crippen molar-refractivity contribution < 1.29 is 12.8 Å². The summed E-state index contributed by atoms with van der Waals surface area (Å²) in [5.74, 6) is 2.61. The lowest BCUT2D eigenvalue weighted by Gasteiger charge is -2.29. The molecule has 3 nitrogen and oxygen atoms in total. The van der Waals surface area contributed by atoms with Crippen molar-refractivity contribution in [2.45, 2.75) is 70.5 Å². The molecule has 0 amide bonds. The van der Waals surface area contributed by atoms with E-state index in [9.17, 15) is 8.42 Å². The fraction of sp³-hybridized carbons (Fsp3) is 0.636. The summed E-state index contributed by atoms with van der Waals surface area (Å²) < 4.78 is 30.5. The maximum Gasteiger partial charge on any atom is 0.153 e. The van der Waals surface area contributed by atoms with Gasteiger partial charge in [-0.3, -0.25) is 0 Å². The van der Waals surface area contributed by atoms with Crippen LogP contribution in [0.25, 0.3) is 11.0 Å². The van der Waals surface area contributed by atoms with Gasteiger partial charge < -0.3 is 4.42 Å². The molecule has 2 aromatic rings. The van der Waals surface area contributed by atoms with Gasteiger partial charge in [0.2, 0.25) is 0 Å². The van der Waals surface area contributed by atoms with Crippen LogP contribution in [0.15, 0.2) is 34.7 Å². The van der Waals surface area contributed by atoms with Gasteiger partial charge in [-0.15, -0.1) is 0 Å². The highest BCUT2D eigenvalue weighted by atomic mass is 32.2. The Morgan fingerprint density at radius 2 is 1.81 bits per heavy atom. The molecule has 1 heterocycles. The molecule has 1 aromatic heterocycles. The number of hydrogen-bond donors (Lipinski definition) is 0. The van der Waals surface area contributed by atoms with E-state index in [2.05, 4.69) is 12.1 Å². The summed E-state index contributed by atoms with van der Waals surface area (Å²) in [6, 6.07) is 10.3. The Morgan fingerprint density at radius 1 is 1.12 bits per heavy atom. The number of aryl methyl sites for hydroxylation is 1. The number of fused-ring (bicyclic) bond motifs is 1. The normalized spacial score (nSPS) is 22.5. The van der Waals surface area contributed by atoms with E-state index in [0.29, 0.717) is 11.7 Å². The van der Waals surface area contributed by atoms with Gasteiger partial charge in [0.25, 0.3) is 0 Å². The molecule has 26 heavy (non-hydrogen) atoms. The molecule has 3 rings (SSSR count). The van der Waals surface area contributed by atoms with Crippen LogP contribution in [-0.4, -0.2) is 19.4 Å². The predicted octanol–water partition coefficient (Wildman–Crippen LogP) is 5.78. The topological polar surface area (TPSA) is 47.3 Å². The van der Waals surface area contributed by atoms with Gasteiger partial charge in [0, 0.05) is 11.8 Å². The Morgan fingerprint density at radius 3 is 2.50 bits per heavy atom. The summed E-state index contributed by atoms with van der Waals surface area (Å²) >= 11 is 0. The second-order valence-corrected chi connectivity index (χ2v) is 10.5. The fourth-order valence-corrected chi connectivity index (χ4v) is 5.99. The lowest BCUT2D eigenvalue weighted by Crippen LogP contribution is -2.27. The molecule has 1 unspecified atom stereocenters. The van der Waals surface area contributed by atoms with Gasteiger partial charge in [-0.1, -0.05) is 44.4 Å². The molecular formula is C22H32O3S. The molecule has 1 fully saturated rings. The Hall–Kier alpha value is -1.29. The van der Waals surface area contributed by atoms with E-state index in [-0.39, 0.29) is 5.25 Å². The van der Waals surface area contributed by atoms with Crippen LogP contribution in [0.5, 0.6) is 0 Å². The maximum atomic E-state index is 12.3. The lowest BCUT2D eigenvalue weighted by molar-refractivity contribution is 0.273. The quantitative estimate of drug-likeness (QED) is 0.587. The second-order valence-electron chi connectivity index (χ2n) is 8.08. The van der Waals surface area contributed by atoms with Gasteiger partial charge in [-0.25, -0.2) is 8.42 Å². The molecule has 0 radical (unpaired) electrons. The molecule has 0 spiro atoms. The van der Waals surface area contributed by atoms with Gasteiger partial charge in [0.05, 0.1) is 11.0 Å². The molecule has 1 aliphatic carbocycles. The van der Waals surface area contributed by atoms with Crippen molar-refractivity contribution in [3.05, 3.63) is 36.1 Å². The van der Waals surface area contributed by atoms with Crippen LogP contribution in [0.2, 0.25) is 0 Å². The standard InChI is InChI=1S/C22H32O3S/c1-3-17(2)26(23,24)16-19-13-11-18(12-14-19)7-6-9-21-15-20-8-4-5-10-22(20)25-21/h4-5,8,10,15,17-19H,3,6-7,9,11-14,16H2,1-2H3. The molecule has 144 valence electrons. The Kier molecular flexibility index (Phi) is 6.44.